The van der Waals surface area contributed by atoms with Crippen molar-refractivity contribution in [3.63, 3.8) is 0 Å². The van der Waals surface area contributed by atoms with Gasteiger partial charge in [-0.05, 0) is 19.3 Å². The van der Waals surface area contributed by atoms with Gasteiger partial charge in [0.15, 0.2) is 0 Å². The predicted molar refractivity (Wildman–Crippen MR) is 40.3 cm³/mol. The maximum atomic E-state index is 11.7. The van der Waals surface area contributed by atoms with Crippen LogP contribution in [0.2, 0.25) is 0 Å². The Labute approximate surface area is 59.5 Å². The highest BCUT2D eigenvalue weighted by Crippen LogP contribution is 2.22. The van der Waals surface area contributed by atoms with E-state index in [0.29, 0.717) is 5.25 Å². The van der Waals surface area contributed by atoms with E-state index in [1.54, 1.807) is 0 Å². The maximum Gasteiger partial charge on any atom is 0.136 e. The molecule has 0 heterocycles. The molecule has 0 aromatic rings. The van der Waals surface area contributed by atoms with E-state index in [2.05, 4.69) is 12.2 Å². The molecular weight excluding hydrogens is 135 g/mol. The molecule has 0 bridgehead atoms. The summed E-state index contributed by atoms with van der Waals surface area (Å²) in [5.74, 6) is 0. The summed E-state index contributed by atoms with van der Waals surface area (Å²) < 4.78 is 11.7. The van der Waals surface area contributed by atoms with E-state index in [1.807, 2.05) is 0 Å². The van der Waals surface area contributed by atoms with Crippen molar-refractivity contribution >= 4 is 11.8 Å². The number of hydrogen-bond donors (Lipinski definition) is 0. The summed E-state index contributed by atoms with van der Waals surface area (Å²) in [5.41, 5.74) is 0. The Morgan fingerprint density at radius 3 is 3.11 bits per heavy atom. The highest BCUT2D eigenvalue weighted by Gasteiger charge is 2.06. The molecule has 0 nitrogen and oxygen atoms in total. The molecule has 52 valence electrons. The maximum absolute atomic E-state index is 11.7. The number of thioether (sulfide) groups is 1. The molecule has 0 saturated carbocycles. The lowest BCUT2D eigenvalue weighted by atomic mass is 10.1. The van der Waals surface area contributed by atoms with E-state index in [9.17, 15) is 4.39 Å². The molecule has 1 aliphatic rings. The first-order valence-corrected chi connectivity index (χ1v) is 4.32. The van der Waals surface area contributed by atoms with Crippen LogP contribution in [0, 0.1) is 0 Å². The highest BCUT2D eigenvalue weighted by molar-refractivity contribution is 7.99. The van der Waals surface area contributed by atoms with Crippen LogP contribution in [0.5, 0.6) is 0 Å². The topological polar surface area (TPSA) is 0 Å². The van der Waals surface area contributed by atoms with Gasteiger partial charge in [-0.2, -0.15) is 0 Å². The Kier molecular flexibility index (Phi) is 3.12. The normalized spacial score (nSPS) is 26.6. The predicted octanol–water partition coefficient (Wildman–Crippen LogP) is 2.76. The lowest BCUT2D eigenvalue weighted by Gasteiger charge is -2.12. The van der Waals surface area contributed by atoms with Crippen molar-refractivity contribution in [1.29, 1.82) is 0 Å². The molecule has 0 aromatic heterocycles. The second kappa shape index (κ2) is 3.94. The monoisotopic (exact) mass is 146 g/mol. The van der Waals surface area contributed by atoms with Crippen LogP contribution in [0.3, 0.4) is 0 Å². The van der Waals surface area contributed by atoms with Gasteiger partial charge in [0, 0.05) is 5.25 Å². The summed E-state index contributed by atoms with van der Waals surface area (Å²) in [6.45, 7) is 0. The molecule has 9 heavy (non-hydrogen) atoms. The van der Waals surface area contributed by atoms with E-state index in [0.717, 1.165) is 6.42 Å². The molecule has 0 aromatic carbocycles. The van der Waals surface area contributed by atoms with Crippen molar-refractivity contribution < 1.29 is 4.39 Å². The Morgan fingerprint density at radius 2 is 2.56 bits per heavy atom. The molecule has 0 saturated heterocycles. The summed E-state index contributed by atoms with van der Waals surface area (Å²) >= 11 is 1.40. The van der Waals surface area contributed by atoms with Crippen LogP contribution in [0.4, 0.5) is 4.39 Å². The summed E-state index contributed by atoms with van der Waals surface area (Å²) in [7, 11) is 0. The van der Waals surface area contributed by atoms with E-state index in [1.165, 1.54) is 24.6 Å². The quantitative estimate of drug-likeness (QED) is 0.540. The van der Waals surface area contributed by atoms with E-state index >= 15 is 0 Å². The van der Waals surface area contributed by atoms with Gasteiger partial charge in [-0.3, -0.25) is 0 Å². The van der Waals surface area contributed by atoms with Crippen LogP contribution < -0.4 is 0 Å². The fourth-order valence-electron chi connectivity index (χ4n) is 1.00. The first-order valence-electron chi connectivity index (χ1n) is 3.27. The van der Waals surface area contributed by atoms with Crippen LogP contribution in [0.1, 0.15) is 19.3 Å². The molecule has 0 spiro atoms. The van der Waals surface area contributed by atoms with Gasteiger partial charge >= 0.3 is 0 Å². The van der Waals surface area contributed by atoms with Gasteiger partial charge < -0.3 is 0 Å². The third-order valence-electron chi connectivity index (χ3n) is 1.49. The molecular formula is C7H11FS. The zero-order chi connectivity index (χ0) is 6.53. The van der Waals surface area contributed by atoms with Gasteiger partial charge in [0.25, 0.3) is 0 Å². The average Bonchev–Trinajstić information content (AvgIpc) is 1.91. The molecule has 1 aliphatic carbocycles. The van der Waals surface area contributed by atoms with Gasteiger partial charge in [-0.1, -0.05) is 12.2 Å². The Balaban J connectivity index is 2.23. The third-order valence-corrected chi connectivity index (χ3v) is 2.43. The second-order valence-corrected chi connectivity index (χ2v) is 3.33. The summed E-state index contributed by atoms with van der Waals surface area (Å²) in [4.78, 5) is 0. The minimum atomic E-state index is -0.241. The van der Waals surface area contributed by atoms with Crippen molar-refractivity contribution in [3.8, 4) is 0 Å². The number of hydrogen-bond acceptors (Lipinski definition) is 1. The number of halogens is 1. The fraction of sp³-hybridized carbons (Fsp3) is 0.714. The minimum absolute atomic E-state index is 0.241. The highest BCUT2D eigenvalue weighted by atomic mass is 32.2. The number of alkyl halides is 1. The van der Waals surface area contributed by atoms with Crippen molar-refractivity contribution in [2.75, 3.05) is 6.01 Å². The summed E-state index contributed by atoms with van der Waals surface area (Å²) in [6, 6.07) is -0.241. The molecule has 0 radical (unpaired) electrons. The number of rotatable bonds is 2. The van der Waals surface area contributed by atoms with Crippen LogP contribution in [0.15, 0.2) is 12.2 Å². The Morgan fingerprint density at radius 1 is 1.67 bits per heavy atom. The molecule has 0 N–H and O–H groups in total. The van der Waals surface area contributed by atoms with Crippen molar-refractivity contribution in [1.82, 2.24) is 0 Å². The average molecular weight is 146 g/mol. The van der Waals surface area contributed by atoms with Crippen LogP contribution in [0.25, 0.3) is 0 Å². The fourth-order valence-corrected chi connectivity index (χ4v) is 1.72. The summed E-state index contributed by atoms with van der Waals surface area (Å²) in [6.07, 6.45) is 7.84. The van der Waals surface area contributed by atoms with Crippen molar-refractivity contribution in [2.45, 2.75) is 24.5 Å². The lowest BCUT2D eigenvalue weighted by Crippen LogP contribution is -2.01. The smallest absolute Gasteiger partial charge is 0.136 e. The minimum Gasteiger partial charge on any atom is -0.239 e. The van der Waals surface area contributed by atoms with Crippen LogP contribution in [-0.4, -0.2) is 11.3 Å². The molecule has 0 fully saturated rings. The Hall–Kier alpha value is 0.0200. The zero-order valence-electron chi connectivity index (χ0n) is 5.35. The van der Waals surface area contributed by atoms with Crippen molar-refractivity contribution in [3.05, 3.63) is 12.2 Å². The van der Waals surface area contributed by atoms with E-state index in [-0.39, 0.29) is 6.01 Å². The lowest BCUT2D eigenvalue weighted by molar-refractivity contribution is 0.602. The standard InChI is InChI=1S/C7H11FS/c8-6-9-7-4-2-1-3-5-7/h2,4,7H,1,3,5-6H2. The van der Waals surface area contributed by atoms with Crippen LogP contribution >= 0.6 is 11.8 Å². The van der Waals surface area contributed by atoms with E-state index in [4.69, 9.17) is 0 Å². The number of allylic oxidation sites excluding steroid dienone is 1. The van der Waals surface area contributed by atoms with Crippen LogP contribution in [-0.2, 0) is 0 Å². The molecule has 1 rings (SSSR count). The SMILES string of the molecule is FCSC1C=CCCC1. The summed E-state index contributed by atoms with van der Waals surface area (Å²) in [5, 5.41) is 0.462. The molecule has 0 amide bonds. The van der Waals surface area contributed by atoms with Crippen molar-refractivity contribution in [2.24, 2.45) is 0 Å². The van der Waals surface area contributed by atoms with Gasteiger partial charge in [-0.15, -0.1) is 11.8 Å². The molecule has 1 atom stereocenters. The van der Waals surface area contributed by atoms with Gasteiger partial charge in [0.1, 0.15) is 6.01 Å². The molecule has 1 unspecified atom stereocenters. The first kappa shape index (κ1) is 7.13. The molecule has 0 aliphatic heterocycles. The Bertz CT molecular complexity index is 101. The van der Waals surface area contributed by atoms with Gasteiger partial charge in [0.05, 0.1) is 0 Å². The third kappa shape index (κ3) is 2.39. The largest absolute Gasteiger partial charge is 0.239 e. The molecule has 2 heteroatoms. The van der Waals surface area contributed by atoms with E-state index < -0.39 is 0 Å². The first-order chi connectivity index (χ1) is 4.43. The zero-order valence-corrected chi connectivity index (χ0v) is 6.16. The van der Waals surface area contributed by atoms with Gasteiger partial charge in [-0.25, -0.2) is 4.39 Å². The van der Waals surface area contributed by atoms with Gasteiger partial charge in [0.2, 0.25) is 0 Å². The second-order valence-electron chi connectivity index (χ2n) is 2.17.